The van der Waals surface area contributed by atoms with E-state index < -0.39 is 0 Å². The number of carbonyl (C=O) groups excluding carboxylic acids is 1. The van der Waals surface area contributed by atoms with Crippen LogP contribution in [0.3, 0.4) is 0 Å². The molecule has 1 heterocycles. The van der Waals surface area contributed by atoms with E-state index in [-0.39, 0.29) is 23.9 Å². The smallest absolute Gasteiger partial charge is 0.257 e. The molecule has 1 fully saturated rings. The highest BCUT2D eigenvalue weighted by Gasteiger charge is 2.28. The van der Waals surface area contributed by atoms with Crippen LogP contribution in [-0.2, 0) is 4.74 Å². The van der Waals surface area contributed by atoms with Crippen LogP contribution in [0.15, 0.2) is 36.4 Å². The highest BCUT2D eigenvalue weighted by atomic mass is 16.5. The van der Waals surface area contributed by atoms with Crippen molar-refractivity contribution in [3.05, 3.63) is 42.0 Å². The SMILES string of the molecule is CC1CN(C(=O)c2ccc3ccccc3c2O)CC(C)O1. The van der Waals surface area contributed by atoms with Gasteiger partial charge in [0.25, 0.3) is 5.91 Å². The lowest BCUT2D eigenvalue weighted by molar-refractivity contribution is -0.0586. The van der Waals surface area contributed by atoms with Gasteiger partial charge in [0, 0.05) is 18.5 Å². The molecule has 2 unspecified atom stereocenters. The molecule has 2 aromatic carbocycles. The molecule has 0 aromatic heterocycles. The molecule has 1 aliphatic rings. The van der Waals surface area contributed by atoms with Gasteiger partial charge in [-0.05, 0) is 25.3 Å². The van der Waals surface area contributed by atoms with Crippen molar-refractivity contribution in [2.24, 2.45) is 0 Å². The van der Waals surface area contributed by atoms with E-state index in [1.807, 2.05) is 44.2 Å². The Hall–Kier alpha value is -2.07. The zero-order valence-corrected chi connectivity index (χ0v) is 12.2. The summed E-state index contributed by atoms with van der Waals surface area (Å²) in [6.07, 6.45) is 0.0283. The van der Waals surface area contributed by atoms with E-state index in [9.17, 15) is 9.90 Å². The summed E-state index contributed by atoms with van der Waals surface area (Å²) >= 11 is 0. The van der Waals surface area contributed by atoms with Gasteiger partial charge in [0.15, 0.2) is 0 Å². The molecule has 1 amide bonds. The van der Waals surface area contributed by atoms with Crippen molar-refractivity contribution >= 4 is 16.7 Å². The van der Waals surface area contributed by atoms with Gasteiger partial charge in [-0.15, -0.1) is 0 Å². The monoisotopic (exact) mass is 285 g/mol. The fraction of sp³-hybridized carbons (Fsp3) is 0.353. The van der Waals surface area contributed by atoms with Crippen LogP contribution in [0.4, 0.5) is 0 Å². The van der Waals surface area contributed by atoms with Crippen LogP contribution in [0.25, 0.3) is 10.8 Å². The molecule has 110 valence electrons. The molecular formula is C17H19NO3. The van der Waals surface area contributed by atoms with E-state index in [4.69, 9.17) is 4.74 Å². The Morgan fingerprint density at radius 1 is 1.14 bits per heavy atom. The van der Waals surface area contributed by atoms with Gasteiger partial charge in [-0.1, -0.05) is 30.3 Å². The average Bonchev–Trinajstić information content (AvgIpc) is 2.46. The fourth-order valence-electron chi connectivity index (χ4n) is 2.94. The normalized spacial score (nSPS) is 22.5. The Kier molecular flexibility index (Phi) is 3.55. The highest BCUT2D eigenvalue weighted by Crippen LogP contribution is 2.30. The summed E-state index contributed by atoms with van der Waals surface area (Å²) in [5.41, 5.74) is 0.356. The van der Waals surface area contributed by atoms with Gasteiger partial charge in [-0.3, -0.25) is 4.79 Å². The van der Waals surface area contributed by atoms with Gasteiger partial charge in [-0.2, -0.15) is 0 Å². The summed E-state index contributed by atoms with van der Waals surface area (Å²) in [7, 11) is 0. The van der Waals surface area contributed by atoms with Gasteiger partial charge >= 0.3 is 0 Å². The first-order valence-corrected chi connectivity index (χ1v) is 7.21. The summed E-state index contributed by atoms with van der Waals surface area (Å²) in [4.78, 5) is 14.4. The number of aromatic hydroxyl groups is 1. The lowest BCUT2D eigenvalue weighted by Gasteiger charge is -2.35. The summed E-state index contributed by atoms with van der Waals surface area (Å²) < 4.78 is 5.65. The molecule has 0 aliphatic carbocycles. The first-order valence-electron chi connectivity index (χ1n) is 7.21. The quantitative estimate of drug-likeness (QED) is 0.876. The summed E-state index contributed by atoms with van der Waals surface area (Å²) in [5, 5.41) is 12.0. The van der Waals surface area contributed by atoms with Gasteiger partial charge in [0.1, 0.15) is 5.75 Å². The van der Waals surface area contributed by atoms with Crippen LogP contribution < -0.4 is 0 Å². The number of ether oxygens (including phenoxy) is 1. The van der Waals surface area contributed by atoms with Gasteiger partial charge in [-0.25, -0.2) is 0 Å². The summed E-state index contributed by atoms with van der Waals surface area (Å²) in [6, 6.07) is 11.1. The number of hydrogen-bond donors (Lipinski definition) is 1. The predicted octanol–water partition coefficient (Wildman–Crippen LogP) is 2.79. The zero-order valence-electron chi connectivity index (χ0n) is 12.2. The second-order valence-corrected chi connectivity index (χ2v) is 5.65. The summed E-state index contributed by atoms with van der Waals surface area (Å²) in [5.74, 6) is -0.0786. The lowest BCUT2D eigenvalue weighted by Crippen LogP contribution is -2.48. The standard InChI is InChI=1S/C17H19NO3/c1-11-9-18(10-12(2)21-11)17(20)15-8-7-13-5-3-4-6-14(13)16(15)19/h3-8,11-12,19H,9-10H2,1-2H3. The number of rotatable bonds is 1. The molecule has 4 heteroatoms. The molecular weight excluding hydrogens is 266 g/mol. The van der Waals surface area contributed by atoms with Crippen molar-refractivity contribution in [2.75, 3.05) is 13.1 Å². The minimum Gasteiger partial charge on any atom is -0.506 e. The fourth-order valence-corrected chi connectivity index (χ4v) is 2.94. The molecule has 2 aromatic rings. The average molecular weight is 285 g/mol. The van der Waals surface area contributed by atoms with Crippen molar-refractivity contribution < 1.29 is 14.6 Å². The van der Waals surface area contributed by atoms with Crippen LogP contribution in [0, 0.1) is 0 Å². The van der Waals surface area contributed by atoms with Crippen molar-refractivity contribution in [2.45, 2.75) is 26.1 Å². The van der Waals surface area contributed by atoms with Crippen molar-refractivity contribution in [3.8, 4) is 5.75 Å². The molecule has 4 nitrogen and oxygen atoms in total. The van der Waals surface area contributed by atoms with Crippen LogP contribution in [-0.4, -0.2) is 41.2 Å². The van der Waals surface area contributed by atoms with Crippen molar-refractivity contribution in [1.82, 2.24) is 4.90 Å². The Morgan fingerprint density at radius 2 is 1.81 bits per heavy atom. The van der Waals surface area contributed by atoms with Crippen LogP contribution in [0.1, 0.15) is 24.2 Å². The maximum atomic E-state index is 12.7. The highest BCUT2D eigenvalue weighted by molar-refractivity contribution is 6.03. The predicted molar refractivity (Wildman–Crippen MR) is 81.5 cm³/mol. The molecule has 1 saturated heterocycles. The van der Waals surface area contributed by atoms with E-state index in [0.717, 1.165) is 5.39 Å². The number of phenols is 1. The molecule has 0 radical (unpaired) electrons. The Balaban J connectivity index is 1.96. The number of phenolic OH excluding ortho intramolecular Hbond substituents is 1. The topological polar surface area (TPSA) is 49.8 Å². The Labute approximate surface area is 123 Å². The van der Waals surface area contributed by atoms with E-state index in [1.165, 1.54) is 0 Å². The number of hydrogen-bond acceptors (Lipinski definition) is 3. The van der Waals surface area contributed by atoms with Gasteiger partial charge in [0.05, 0.1) is 17.8 Å². The third-order valence-electron chi connectivity index (χ3n) is 3.84. The number of carbonyl (C=O) groups is 1. The molecule has 0 bridgehead atoms. The van der Waals surface area contributed by atoms with E-state index >= 15 is 0 Å². The largest absolute Gasteiger partial charge is 0.506 e. The van der Waals surface area contributed by atoms with Crippen molar-refractivity contribution in [1.29, 1.82) is 0 Å². The van der Waals surface area contributed by atoms with E-state index in [0.29, 0.717) is 24.0 Å². The minimum atomic E-state index is -0.139. The van der Waals surface area contributed by atoms with Crippen molar-refractivity contribution in [3.63, 3.8) is 0 Å². The first-order chi connectivity index (χ1) is 10.1. The number of fused-ring (bicyclic) bond motifs is 1. The first kappa shape index (κ1) is 13.9. The second kappa shape index (κ2) is 5.37. The Morgan fingerprint density at radius 3 is 2.52 bits per heavy atom. The van der Waals surface area contributed by atoms with Crippen LogP contribution in [0.5, 0.6) is 5.75 Å². The third kappa shape index (κ3) is 2.59. The van der Waals surface area contributed by atoms with E-state index in [2.05, 4.69) is 0 Å². The van der Waals surface area contributed by atoms with Gasteiger partial charge < -0.3 is 14.7 Å². The number of nitrogens with zero attached hydrogens (tertiary/aromatic N) is 1. The summed E-state index contributed by atoms with van der Waals surface area (Å²) in [6.45, 7) is 5.01. The zero-order chi connectivity index (χ0) is 15.0. The van der Waals surface area contributed by atoms with Crippen LogP contribution >= 0.6 is 0 Å². The second-order valence-electron chi connectivity index (χ2n) is 5.65. The number of benzene rings is 2. The number of amides is 1. The van der Waals surface area contributed by atoms with Crippen LogP contribution in [0.2, 0.25) is 0 Å². The molecule has 21 heavy (non-hydrogen) atoms. The molecule has 1 N–H and O–H groups in total. The third-order valence-corrected chi connectivity index (χ3v) is 3.84. The molecule has 0 spiro atoms. The molecule has 3 rings (SSSR count). The molecule has 1 aliphatic heterocycles. The molecule has 0 saturated carbocycles. The van der Waals surface area contributed by atoms with E-state index in [1.54, 1.807) is 11.0 Å². The maximum absolute atomic E-state index is 12.7. The Bertz CT molecular complexity index is 673. The lowest BCUT2D eigenvalue weighted by atomic mass is 10.0. The van der Waals surface area contributed by atoms with Gasteiger partial charge in [0.2, 0.25) is 0 Å². The minimum absolute atomic E-state index is 0.0142. The number of morpholine rings is 1. The molecule has 2 atom stereocenters. The maximum Gasteiger partial charge on any atom is 0.257 e.